The summed E-state index contributed by atoms with van der Waals surface area (Å²) >= 11 is 0. The van der Waals surface area contributed by atoms with E-state index in [4.69, 9.17) is 15.8 Å². The number of fused-ring (bicyclic) bond motifs is 1. The van der Waals surface area contributed by atoms with E-state index in [1.54, 1.807) is 18.2 Å². The van der Waals surface area contributed by atoms with Gasteiger partial charge in [0.1, 0.15) is 5.75 Å². The summed E-state index contributed by atoms with van der Waals surface area (Å²) in [6.07, 6.45) is 0. The van der Waals surface area contributed by atoms with Crippen molar-refractivity contribution in [2.24, 2.45) is 0 Å². The number of hydrogen-bond acceptors (Lipinski definition) is 4. The summed E-state index contributed by atoms with van der Waals surface area (Å²) in [5.41, 5.74) is 0.239. The monoisotopic (exact) mass is 255 g/mol. The van der Waals surface area contributed by atoms with Crippen molar-refractivity contribution < 1.29 is 15.0 Å². The Morgan fingerprint density at radius 1 is 1.38 bits per heavy atom. The van der Waals surface area contributed by atoms with E-state index in [0.29, 0.717) is 10.9 Å². The molecule has 2 rings (SSSR count). The van der Waals surface area contributed by atoms with Crippen molar-refractivity contribution in [1.82, 2.24) is 4.98 Å². The first-order chi connectivity index (χ1) is 7.61. The Morgan fingerprint density at radius 3 is 2.75 bits per heavy atom. The fourth-order valence-corrected chi connectivity index (χ4v) is 1.91. The minimum absolute atomic E-state index is 0.116. The van der Waals surface area contributed by atoms with Gasteiger partial charge in [-0.3, -0.25) is 0 Å². The molecule has 4 nitrogen and oxygen atoms in total. The van der Waals surface area contributed by atoms with Crippen molar-refractivity contribution in [1.29, 1.82) is 0 Å². The molecule has 1 aromatic carbocycles. The number of carboxylic acids is 1. The molecule has 0 aliphatic carbocycles. The lowest BCUT2D eigenvalue weighted by molar-refractivity contribution is 0.0690. The smallest absolute Gasteiger partial charge is 0.354 e. The van der Waals surface area contributed by atoms with Gasteiger partial charge in [-0.05, 0) is 39.9 Å². The predicted octanol–water partition coefficient (Wildman–Crippen LogP) is 2.88. The molecule has 0 saturated heterocycles. The highest BCUT2D eigenvalue weighted by Crippen LogP contribution is 2.30. The van der Waals surface area contributed by atoms with Gasteiger partial charge >= 0.3 is 5.97 Å². The minimum atomic E-state index is -1.17. The largest absolute Gasteiger partial charge is 0.507 e. The fourth-order valence-electron chi connectivity index (χ4n) is 1.34. The predicted molar refractivity (Wildman–Crippen MR) is 62.1 cm³/mol. The number of aromatic hydroxyl groups is 1. The van der Waals surface area contributed by atoms with Gasteiger partial charge < -0.3 is 10.2 Å². The van der Waals surface area contributed by atoms with E-state index >= 15 is 0 Å². The molecule has 16 heavy (non-hydrogen) atoms. The molecule has 0 fully saturated rings. The summed E-state index contributed by atoms with van der Waals surface area (Å²) in [5.74, 6) is -1.29. The van der Waals surface area contributed by atoms with Crippen LogP contribution in [0.2, 0.25) is 0 Å². The molecule has 2 aromatic rings. The van der Waals surface area contributed by atoms with Crippen LogP contribution in [0.15, 0.2) is 29.2 Å². The molecule has 0 amide bonds. The highest BCUT2D eigenvalue weighted by molar-refractivity contribution is 8.21. The molecule has 0 atom stereocenters. The summed E-state index contributed by atoms with van der Waals surface area (Å²) < 4.78 is 0. The second-order valence-electron chi connectivity index (χ2n) is 3.09. The second-order valence-corrected chi connectivity index (χ2v) is 4.18. The number of rotatable bonds is 2. The third-order valence-corrected chi connectivity index (χ3v) is 3.03. The lowest BCUT2D eigenvalue weighted by Gasteiger charge is -2.03. The lowest BCUT2D eigenvalue weighted by atomic mass is 10.2. The Balaban J connectivity index is 2.71. The van der Waals surface area contributed by atoms with E-state index in [-0.39, 0.29) is 11.4 Å². The van der Waals surface area contributed by atoms with Crippen molar-refractivity contribution in [3.8, 4) is 5.75 Å². The van der Waals surface area contributed by atoms with Crippen LogP contribution in [-0.4, -0.2) is 21.2 Å². The second kappa shape index (κ2) is 4.19. The molecular formula is C10H6ClNO3S. The number of halogens is 1. The average Bonchev–Trinajstić information content (AvgIpc) is 2.28. The van der Waals surface area contributed by atoms with E-state index in [2.05, 4.69) is 4.98 Å². The summed E-state index contributed by atoms with van der Waals surface area (Å²) in [4.78, 5) is 15.4. The van der Waals surface area contributed by atoms with Crippen molar-refractivity contribution in [2.45, 2.75) is 4.90 Å². The summed E-state index contributed by atoms with van der Waals surface area (Å²) in [5, 5.41) is 18.9. The molecule has 82 valence electrons. The highest BCUT2D eigenvalue weighted by atomic mass is 35.7. The zero-order chi connectivity index (χ0) is 11.7. The van der Waals surface area contributed by atoms with Gasteiger partial charge in [-0.25, -0.2) is 9.78 Å². The molecular weight excluding hydrogens is 250 g/mol. The average molecular weight is 256 g/mol. The van der Waals surface area contributed by atoms with E-state index in [0.717, 1.165) is 21.9 Å². The maximum absolute atomic E-state index is 10.7. The Bertz CT molecular complexity index is 573. The van der Waals surface area contributed by atoms with Crippen LogP contribution >= 0.6 is 21.7 Å². The zero-order valence-electron chi connectivity index (χ0n) is 7.85. The van der Waals surface area contributed by atoms with Gasteiger partial charge in [0, 0.05) is 16.3 Å². The number of hydrogen-bond donors (Lipinski definition) is 2. The van der Waals surface area contributed by atoms with Crippen molar-refractivity contribution in [3.05, 3.63) is 30.0 Å². The standard InChI is InChI=1S/C10H6ClNO3S/c11-16-5-1-2-7-6(3-5)9(13)4-8(12-7)10(14)15/h1-4H,(H,12,13)(H,14,15). The first-order valence-electron chi connectivity index (χ1n) is 4.27. The van der Waals surface area contributed by atoms with E-state index in [1.165, 1.54) is 0 Å². The Labute approximate surface area is 99.4 Å². The number of nitrogens with zero attached hydrogens (tertiary/aromatic N) is 1. The van der Waals surface area contributed by atoms with Crippen molar-refractivity contribution in [3.63, 3.8) is 0 Å². The van der Waals surface area contributed by atoms with Crippen LogP contribution in [0.25, 0.3) is 10.9 Å². The number of pyridine rings is 1. The van der Waals surface area contributed by atoms with Crippen LogP contribution in [0.4, 0.5) is 0 Å². The van der Waals surface area contributed by atoms with Crippen molar-refractivity contribution in [2.75, 3.05) is 0 Å². The van der Waals surface area contributed by atoms with Gasteiger partial charge in [0.15, 0.2) is 5.69 Å². The van der Waals surface area contributed by atoms with Crippen LogP contribution in [-0.2, 0) is 0 Å². The molecule has 1 aromatic heterocycles. The third-order valence-electron chi connectivity index (χ3n) is 2.07. The number of benzene rings is 1. The maximum atomic E-state index is 10.7. The molecule has 1 heterocycles. The minimum Gasteiger partial charge on any atom is -0.507 e. The molecule has 0 bridgehead atoms. The van der Waals surface area contributed by atoms with Gasteiger partial charge in [0.2, 0.25) is 0 Å². The molecule has 0 radical (unpaired) electrons. The van der Waals surface area contributed by atoms with Gasteiger partial charge in [0.25, 0.3) is 0 Å². The molecule has 6 heteroatoms. The number of carbonyl (C=O) groups is 1. The number of aromatic carboxylic acids is 1. The molecule has 0 spiro atoms. The number of carboxylic acid groups (broad SMARTS) is 1. The highest BCUT2D eigenvalue weighted by Gasteiger charge is 2.10. The van der Waals surface area contributed by atoms with Crippen LogP contribution in [0.1, 0.15) is 10.5 Å². The quantitative estimate of drug-likeness (QED) is 0.863. The van der Waals surface area contributed by atoms with E-state index in [9.17, 15) is 9.90 Å². The van der Waals surface area contributed by atoms with E-state index < -0.39 is 5.97 Å². The molecule has 0 aliphatic rings. The maximum Gasteiger partial charge on any atom is 0.354 e. The van der Waals surface area contributed by atoms with Gasteiger partial charge in [-0.2, -0.15) is 0 Å². The van der Waals surface area contributed by atoms with Gasteiger partial charge in [0.05, 0.1) is 5.52 Å². The fraction of sp³-hybridized carbons (Fsp3) is 0. The summed E-state index contributed by atoms with van der Waals surface area (Å²) in [7, 11) is 6.60. The van der Waals surface area contributed by atoms with Gasteiger partial charge in [-0.1, -0.05) is 0 Å². The first kappa shape index (κ1) is 11.0. The molecule has 0 saturated carbocycles. The van der Waals surface area contributed by atoms with Crippen LogP contribution < -0.4 is 0 Å². The first-order valence-corrected chi connectivity index (χ1v) is 5.92. The summed E-state index contributed by atoms with van der Waals surface area (Å²) in [6.45, 7) is 0. The van der Waals surface area contributed by atoms with E-state index in [1.807, 2.05) is 0 Å². The van der Waals surface area contributed by atoms with Crippen LogP contribution in [0.3, 0.4) is 0 Å². The van der Waals surface area contributed by atoms with Crippen LogP contribution in [0, 0.1) is 0 Å². The van der Waals surface area contributed by atoms with Crippen LogP contribution in [0.5, 0.6) is 5.75 Å². The Morgan fingerprint density at radius 2 is 2.12 bits per heavy atom. The van der Waals surface area contributed by atoms with Crippen molar-refractivity contribution >= 4 is 38.5 Å². The van der Waals surface area contributed by atoms with Gasteiger partial charge in [-0.15, -0.1) is 0 Å². The number of aromatic nitrogens is 1. The topological polar surface area (TPSA) is 70.4 Å². The Kier molecular flexibility index (Phi) is 2.89. The normalized spacial score (nSPS) is 10.6. The molecule has 2 N–H and O–H groups in total. The zero-order valence-corrected chi connectivity index (χ0v) is 9.42. The summed E-state index contributed by atoms with van der Waals surface area (Å²) in [6, 6.07) is 6.10. The molecule has 0 unspecified atom stereocenters. The SMILES string of the molecule is O=C(O)c1cc(O)c2cc(SCl)ccc2n1. The lowest BCUT2D eigenvalue weighted by Crippen LogP contribution is -1.99. The molecule has 0 aliphatic heterocycles. The Hall–Kier alpha value is -1.46. The third kappa shape index (κ3) is 1.91.